The summed E-state index contributed by atoms with van der Waals surface area (Å²) >= 11 is 5.19. The topological polar surface area (TPSA) is 79.8 Å². The molecule has 0 aromatic heterocycles. The second-order valence-corrected chi connectivity index (χ2v) is 7.88. The molecule has 6 nitrogen and oxygen atoms in total. The van der Waals surface area contributed by atoms with Gasteiger partial charge in [0.15, 0.2) is 10.9 Å². The van der Waals surface area contributed by atoms with Crippen LogP contribution in [0.1, 0.15) is 11.1 Å². The normalized spacial score (nSPS) is 11.2. The fraction of sp³-hybridized carbons (Fsp3) is 0.0476. The number of hydrogen-bond acceptors (Lipinski definition) is 5. The van der Waals surface area contributed by atoms with Gasteiger partial charge in [0.05, 0.1) is 6.21 Å². The molecule has 0 radical (unpaired) electrons. The Morgan fingerprint density at radius 1 is 0.931 bits per heavy atom. The summed E-state index contributed by atoms with van der Waals surface area (Å²) in [4.78, 5) is 0.0798. The quantitative estimate of drug-likeness (QED) is 0.261. The zero-order valence-electron chi connectivity index (χ0n) is 15.4. The molecule has 0 aliphatic carbocycles. The van der Waals surface area contributed by atoms with Gasteiger partial charge in [0.2, 0.25) is 0 Å². The van der Waals surface area contributed by atoms with Crippen molar-refractivity contribution in [3.05, 3.63) is 96.1 Å². The minimum atomic E-state index is -3.94. The number of thiocarbonyl (C=S) groups is 1. The Morgan fingerprint density at radius 2 is 1.55 bits per heavy atom. The van der Waals surface area contributed by atoms with E-state index in [1.54, 1.807) is 42.5 Å². The number of hydrazone groups is 1. The molecule has 0 amide bonds. The first-order valence-electron chi connectivity index (χ1n) is 8.74. The number of benzene rings is 3. The highest BCUT2D eigenvalue weighted by Crippen LogP contribution is 2.21. The monoisotopic (exact) mass is 425 g/mol. The van der Waals surface area contributed by atoms with Crippen LogP contribution in [-0.2, 0) is 16.7 Å². The molecule has 0 heterocycles. The third-order valence-electron chi connectivity index (χ3n) is 3.82. The van der Waals surface area contributed by atoms with Gasteiger partial charge >= 0.3 is 10.1 Å². The first-order chi connectivity index (χ1) is 14.0. The number of rotatable bonds is 7. The largest absolute Gasteiger partial charge is 0.378 e. The summed E-state index contributed by atoms with van der Waals surface area (Å²) < 4.78 is 30.2. The first-order valence-corrected chi connectivity index (χ1v) is 10.6. The predicted octanol–water partition coefficient (Wildman–Crippen LogP) is 3.45. The Kier molecular flexibility index (Phi) is 6.94. The van der Waals surface area contributed by atoms with Crippen molar-refractivity contribution in [3.8, 4) is 5.75 Å². The van der Waals surface area contributed by atoms with Gasteiger partial charge in [0.1, 0.15) is 4.90 Å². The zero-order valence-corrected chi connectivity index (χ0v) is 17.0. The van der Waals surface area contributed by atoms with Crippen LogP contribution in [0, 0.1) is 0 Å². The lowest BCUT2D eigenvalue weighted by Crippen LogP contribution is -2.31. The Balaban J connectivity index is 1.62. The Morgan fingerprint density at radius 3 is 2.28 bits per heavy atom. The van der Waals surface area contributed by atoms with Gasteiger partial charge in [0, 0.05) is 12.1 Å². The summed E-state index contributed by atoms with van der Waals surface area (Å²) in [5.74, 6) is 0.171. The van der Waals surface area contributed by atoms with Crippen molar-refractivity contribution < 1.29 is 12.6 Å². The average molecular weight is 426 g/mol. The van der Waals surface area contributed by atoms with Gasteiger partial charge in [-0.05, 0) is 42.0 Å². The molecule has 148 valence electrons. The van der Waals surface area contributed by atoms with E-state index in [1.165, 1.54) is 18.3 Å². The molecule has 0 atom stereocenters. The van der Waals surface area contributed by atoms with Crippen LogP contribution in [0.4, 0.5) is 0 Å². The van der Waals surface area contributed by atoms with Gasteiger partial charge in [-0.3, -0.25) is 5.43 Å². The summed E-state index contributed by atoms with van der Waals surface area (Å²) in [6.45, 7) is 0.567. The average Bonchev–Trinajstić information content (AvgIpc) is 2.75. The van der Waals surface area contributed by atoms with E-state index < -0.39 is 10.1 Å². The Hall–Kier alpha value is -3.23. The smallest absolute Gasteiger partial charge is 0.339 e. The summed E-state index contributed by atoms with van der Waals surface area (Å²) in [6, 6.07) is 24.5. The van der Waals surface area contributed by atoms with Crippen molar-refractivity contribution in [1.82, 2.24) is 10.7 Å². The third kappa shape index (κ3) is 6.13. The molecule has 0 unspecified atom stereocenters. The van der Waals surface area contributed by atoms with E-state index in [0.717, 1.165) is 5.56 Å². The van der Waals surface area contributed by atoms with Crippen LogP contribution in [0.2, 0.25) is 0 Å². The summed E-state index contributed by atoms with van der Waals surface area (Å²) in [7, 11) is -3.94. The predicted molar refractivity (Wildman–Crippen MR) is 117 cm³/mol. The van der Waals surface area contributed by atoms with E-state index in [2.05, 4.69) is 15.8 Å². The van der Waals surface area contributed by atoms with Crippen LogP contribution in [-0.4, -0.2) is 19.7 Å². The summed E-state index contributed by atoms with van der Waals surface area (Å²) in [6.07, 6.45) is 1.45. The van der Waals surface area contributed by atoms with Crippen LogP contribution in [0.3, 0.4) is 0 Å². The molecule has 29 heavy (non-hydrogen) atoms. The maximum absolute atomic E-state index is 12.4. The molecule has 3 aromatic carbocycles. The lowest BCUT2D eigenvalue weighted by atomic mass is 10.2. The van der Waals surface area contributed by atoms with E-state index >= 15 is 0 Å². The molecule has 0 saturated heterocycles. The molecule has 0 aliphatic rings. The minimum Gasteiger partial charge on any atom is -0.378 e. The van der Waals surface area contributed by atoms with Crippen molar-refractivity contribution in [1.29, 1.82) is 0 Å². The second-order valence-electron chi connectivity index (χ2n) is 5.93. The molecule has 3 aromatic rings. The fourth-order valence-electron chi connectivity index (χ4n) is 2.39. The van der Waals surface area contributed by atoms with Gasteiger partial charge in [-0.15, -0.1) is 0 Å². The number of hydrogen-bond donors (Lipinski definition) is 2. The third-order valence-corrected chi connectivity index (χ3v) is 5.30. The summed E-state index contributed by atoms with van der Waals surface area (Å²) in [5, 5.41) is 7.45. The lowest BCUT2D eigenvalue weighted by Gasteiger charge is -2.09. The SMILES string of the molecule is O=S(=O)(Oc1ccccc1/C=N\NC(=S)NCc1ccccc1)c1ccccc1. The Labute approximate surface area is 175 Å². The van der Waals surface area contributed by atoms with Gasteiger partial charge in [-0.1, -0.05) is 60.7 Å². The van der Waals surface area contributed by atoms with E-state index in [0.29, 0.717) is 17.2 Å². The van der Waals surface area contributed by atoms with Crippen molar-refractivity contribution in [2.45, 2.75) is 11.4 Å². The fourth-order valence-corrected chi connectivity index (χ4v) is 3.49. The standard InChI is InChI=1S/C21H19N3O3S2/c25-29(26,19-12-5-2-6-13-19)27-20-14-8-7-11-18(20)16-23-24-21(28)22-15-17-9-3-1-4-10-17/h1-14,16H,15H2,(H2,22,24,28)/b23-16-. The molecule has 0 spiro atoms. The summed E-state index contributed by atoms with van der Waals surface area (Å²) in [5.41, 5.74) is 4.29. The Bertz CT molecular complexity index is 1090. The second kappa shape index (κ2) is 9.81. The maximum Gasteiger partial charge on any atom is 0.339 e. The minimum absolute atomic E-state index is 0.0798. The molecule has 2 N–H and O–H groups in total. The van der Waals surface area contributed by atoms with E-state index in [4.69, 9.17) is 16.4 Å². The molecule has 3 rings (SSSR count). The first kappa shape index (κ1) is 20.5. The van der Waals surface area contributed by atoms with Crippen molar-refractivity contribution in [2.75, 3.05) is 0 Å². The highest BCUT2D eigenvalue weighted by atomic mass is 32.2. The highest BCUT2D eigenvalue weighted by molar-refractivity contribution is 7.87. The molecular weight excluding hydrogens is 406 g/mol. The highest BCUT2D eigenvalue weighted by Gasteiger charge is 2.17. The molecule has 0 fully saturated rings. The number of nitrogens with zero attached hydrogens (tertiary/aromatic N) is 1. The molecule has 8 heteroatoms. The van der Waals surface area contributed by atoms with Crippen LogP contribution in [0.25, 0.3) is 0 Å². The van der Waals surface area contributed by atoms with Crippen LogP contribution in [0.5, 0.6) is 5.75 Å². The molecule has 0 saturated carbocycles. The maximum atomic E-state index is 12.4. The van der Waals surface area contributed by atoms with Gasteiger partial charge in [-0.2, -0.15) is 13.5 Å². The molecular formula is C21H19N3O3S2. The van der Waals surface area contributed by atoms with Crippen LogP contribution < -0.4 is 14.9 Å². The van der Waals surface area contributed by atoms with E-state index in [9.17, 15) is 8.42 Å². The van der Waals surface area contributed by atoms with Gasteiger partial charge in [-0.25, -0.2) is 0 Å². The lowest BCUT2D eigenvalue weighted by molar-refractivity contribution is 0.485. The van der Waals surface area contributed by atoms with Crippen LogP contribution >= 0.6 is 12.2 Å². The van der Waals surface area contributed by atoms with Crippen molar-refractivity contribution >= 4 is 33.7 Å². The van der Waals surface area contributed by atoms with Crippen molar-refractivity contribution in [2.24, 2.45) is 5.10 Å². The molecule has 0 bridgehead atoms. The van der Waals surface area contributed by atoms with E-state index in [1.807, 2.05) is 30.3 Å². The van der Waals surface area contributed by atoms with Crippen molar-refractivity contribution in [3.63, 3.8) is 0 Å². The molecule has 0 aliphatic heterocycles. The zero-order chi connectivity index (χ0) is 20.5. The van der Waals surface area contributed by atoms with Crippen LogP contribution in [0.15, 0.2) is 94.9 Å². The van der Waals surface area contributed by atoms with Gasteiger partial charge < -0.3 is 9.50 Å². The number of para-hydroxylation sites is 1. The number of nitrogens with one attached hydrogen (secondary N) is 2. The van der Waals surface area contributed by atoms with E-state index in [-0.39, 0.29) is 10.6 Å². The van der Waals surface area contributed by atoms with Gasteiger partial charge in [0.25, 0.3) is 0 Å².